The molecule has 1 N–H and O–H groups in total. The van der Waals surface area contributed by atoms with E-state index >= 15 is 0 Å². The summed E-state index contributed by atoms with van der Waals surface area (Å²) in [5.41, 5.74) is 0.649. The van der Waals surface area contributed by atoms with Crippen LogP contribution in [0.15, 0.2) is 22.9 Å². The molecule has 1 aromatic rings. The van der Waals surface area contributed by atoms with Crippen LogP contribution in [0.25, 0.3) is 0 Å². The third kappa shape index (κ3) is 3.01. The lowest BCUT2D eigenvalue weighted by Crippen LogP contribution is -2.38. The normalized spacial score (nSPS) is 11.4. The Morgan fingerprint density at radius 2 is 2.14 bits per heavy atom. The van der Waals surface area contributed by atoms with E-state index in [4.69, 9.17) is 23.2 Å². The van der Waals surface area contributed by atoms with Crippen LogP contribution in [0.1, 0.15) is 6.92 Å². The van der Waals surface area contributed by atoms with Crippen molar-refractivity contribution in [3.8, 4) is 0 Å². The van der Waals surface area contributed by atoms with Crippen molar-refractivity contribution in [2.45, 2.75) is 12.5 Å². The third-order valence-electron chi connectivity index (χ3n) is 1.80. The molecule has 0 spiro atoms. The zero-order valence-electron chi connectivity index (χ0n) is 7.73. The van der Waals surface area contributed by atoms with Gasteiger partial charge in [-0.25, -0.2) is 0 Å². The van der Waals surface area contributed by atoms with Gasteiger partial charge in [0.1, 0.15) is 0 Å². The largest absolute Gasteiger partial charge is 0.376 e. The lowest BCUT2D eigenvalue weighted by atomic mass is 10.1. The fourth-order valence-electron chi connectivity index (χ4n) is 0.904. The fraction of sp³-hybridized carbons (Fsp3) is 0.444. The second-order valence-electron chi connectivity index (χ2n) is 3.31. The summed E-state index contributed by atoms with van der Waals surface area (Å²) in [5, 5.41) is 3.27. The van der Waals surface area contributed by atoms with Gasteiger partial charge in [-0.2, -0.15) is 0 Å². The minimum atomic E-state index is -0.299. The molecule has 1 heterocycles. The Balaban J connectivity index is 2.82. The molecule has 0 saturated heterocycles. The van der Waals surface area contributed by atoms with Crippen LogP contribution in [-0.4, -0.2) is 22.3 Å². The highest BCUT2D eigenvalue weighted by Crippen LogP contribution is 2.25. The molecule has 14 heavy (non-hydrogen) atoms. The first-order valence-corrected chi connectivity index (χ1v) is 5.97. The van der Waals surface area contributed by atoms with Crippen molar-refractivity contribution in [2.75, 3.05) is 17.1 Å². The van der Waals surface area contributed by atoms with Crippen molar-refractivity contribution >= 4 is 44.8 Å². The van der Waals surface area contributed by atoms with Gasteiger partial charge in [0, 0.05) is 24.2 Å². The number of aromatic nitrogens is 1. The highest BCUT2D eigenvalue weighted by atomic mass is 79.9. The highest BCUT2D eigenvalue weighted by Gasteiger charge is 2.22. The van der Waals surface area contributed by atoms with Crippen LogP contribution in [0.3, 0.4) is 0 Å². The first kappa shape index (κ1) is 12.1. The number of alkyl halides is 2. The molecule has 0 aromatic carbocycles. The summed E-state index contributed by atoms with van der Waals surface area (Å²) in [6.45, 7) is 1.97. The highest BCUT2D eigenvalue weighted by molar-refractivity contribution is 9.10. The van der Waals surface area contributed by atoms with Crippen LogP contribution in [0.4, 0.5) is 5.69 Å². The van der Waals surface area contributed by atoms with E-state index in [0.717, 1.165) is 10.2 Å². The van der Waals surface area contributed by atoms with Gasteiger partial charge in [0.15, 0.2) is 0 Å². The van der Waals surface area contributed by atoms with Crippen LogP contribution in [0.2, 0.25) is 0 Å². The number of anilines is 1. The van der Waals surface area contributed by atoms with Crippen molar-refractivity contribution in [3.05, 3.63) is 22.9 Å². The molecule has 0 atom stereocenters. The monoisotopic (exact) mass is 296 g/mol. The van der Waals surface area contributed by atoms with Gasteiger partial charge in [0.05, 0.1) is 15.7 Å². The Kier molecular flexibility index (Phi) is 4.48. The van der Waals surface area contributed by atoms with E-state index in [2.05, 4.69) is 26.2 Å². The molecule has 2 nitrogen and oxygen atoms in total. The summed E-state index contributed by atoms with van der Waals surface area (Å²) in [6.07, 6.45) is 3.45. The van der Waals surface area contributed by atoms with Crippen LogP contribution < -0.4 is 5.32 Å². The molecule has 0 aliphatic heterocycles. The van der Waals surface area contributed by atoms with Crippen LogP contribution in [0, 0.1) is 0 Å². The molecule has 1 aromatic heterocycles. The van der Waals surface area contributed by atoms with E-state index in [0.29, 0.717) is 11.8 Å². The molecule has 0 saturated carbocycles. The molecular weight excluding hydrogens is 287 g/mol. The van der Waals surface area contributed by atoms with Crippen molar-refractivity contribution < 1.29 is 0 Å². The Labute approximate surface area is 102 Å². The van der Waals surface area contributed by atoms with Crippen LogP contribution in [0.5, 0.6) is 0 Å². The molecule has 0 fully saturated rings. The first-order valence-electron chi connectivity index (χ1n) is 4.11. The van der Waals surface area contributed by atoms with Crippen molar-refractivity contribution in [3.63, 3.8) is 0 Å². The number of hydrogen-bond donors (Lipinski definition) is 1. The number of nitrogens with zero attached hydrogens (tertiary/aromatic N) is 1. The lowest BCUT2D eigenvalue weighted by Gasteiger charge is -2.27. The minimum absolute atomic E-state index is 0.299. The maximum Gasteiger partial charge on any atom is 0.0615 e. The molecule has 78 valence electrons. The van der Waals surface area contributed by atoms with E-state index in [-0.39, 0.29) is 5.54 Å². The molecule has 0 radical (unpaired) electrons. The van der Waals surface area contributed by atoms with Gasteiger partial charge in [-0.1, -0.05) is 0 Å². The Bertz CT molecular complexity index is 303. The van der Waals surface area contributed by atoms with Crippen molar-refractivity contribution in [2.24, 2.45) is 0 Å². The van der Waals surface area contributed by atoms with E-state index < -0.39 is 0 Å². The zero-order chi connectivity index (χ0) is 10.6. The van der Waals surface area contributed by atoms with Crippen molar-refractivity contribution in [1.29, 1.82) is 0 Å². The minimum Gasteiger partial charge on any atom is -0.376 e. The van der Waals surface area contributed by atoms with Gasteiger partial charge in [0.2, 0.25) is 0 Å². The number of halogens is 3. The smallest absolute Gasteiger partial charge is 0.0615 e. The number of pyridine rings is 1. The lowest BCUT2D eigenvalue weighted by molar-refractivity contribution is 0.648. The average molecular weight is 298 g/mol. The number of rotatable bonds is 4. The predicted octanol–water partition coefficient (Wildman–Crippen LogP) is 3.49. The summed E-state index contributed by atoms with van der Waals surface area (Å²) in [6, 6.07) is 1.88. The third-order valence-corrected chi connectivity index (χ3v) is 3.61. The summed E-state index contributed by atoms with van der Waals surface area (Å²) in [5.74, 6) is 0.899. The number of nitrogens with one attached hydrogen (secondary N) is 1. The first-order chi connectivity index (χ1) is 6.61. The molecule has 0 aliphatic rings. The topological polar surface area (TPSA) is 24.9 Å². The average Bonchev–Trinajstić information content (AvgIpc) is 2.21. The van der Waals surface area contributed by atoms with Crippen LogP contribution >= 0.6 is 39.1 Å². The predicted molar refractivity (Wildman–Crippen MR) is 65.4 cm³/mol. The second kappa shape index (κ2) is 5.19. The second-order valence-corrected chi connectivity index (χ2v) is 4.70. The van der Waals surface area contributed by atoms with E-state index in [1.165, 1.54) is 0 Å². The summed E-state index contributed by atoms with van der Waals surface area (Å²) < 4.78 is 0.904. The molecule has 0 aliphatic carbocycles. The van der Waals surface area contributed by atoms with Gasteiger partial charge in [-0.05, 0) is 28.9 Å². The van der Waals surface area contributed by atoms with Gasteiger partial charge in [-0.15, -0.1) is 23.2 Å². The van der Waals surface area contributed by atoms with E-state index in [9.17, 15) is 0 Å². The number of hydrogen-bond acceptors (Lipinski definition) is 2. The maximum atomic E-state index is 5.83. The molecule has 5 heteroatoms. The standard InChI is InChI=1S/C9H11BrCl2N2/c1-9(5-11,6-12)14-8-2-3-13-4-7(8)10/h2-4H,5-6H2,1H3,(H,13,14). The van der Waals surface area contributed by atoms with Crippen LogP contribution in [-0.2, 0) is 0 Å². The van der Waals surface area contributed by atoms with Gasteiger partial charge in [-0.3, -0.25) is 4.98 Å². The van der Waals surface area contributed by atoms with Gasteiger partial charge in [0.25, 0.3) is 0 Å². The molecule has 1 rings (SSSR count). The van der Waals surface area contributed by atoms with Gasteiger partial charge >= 0.3 is 0 Å². The van der Waals surface area contributed by atoms with E-state index in [1.54, 1.807) is 12.4 Å². The summed E-state index contributed by atoms with van der Waals surface area (Å²) in [7, 11) is 0. The molecule has 0 unspecified atom stereocenters. The maximum absolute atomic E-state index is 5.83. The van der Waals surface area contributed by atoms with E-state index in [1.807, 2.05) is 13.0 Å². The fourth-order valence-corrected chi connectivity index (χ4v) is 1.67. The SMILES string of the molecule is CC(CCl)(CCl)Nc1ccncc1Br. The van der Waals surface area contributed by atoms with Gasteiger partial charge < -0.3 is 5.32 Å². The molecule has 0 bridgehead atoms. The Morgan fingerprint density at radius 1 is 1.50 bits per heavy atom. The molecule has 0 amide bonds. The quantitative estimate of drug-likeness (QED) is 0.861. The zero-order valence-corrected chi connectivity index (χ0v) is 10.8. The Hall–Kier alpha value is 0.01000. The summed E-state index contributed by atoms with van der Waals surface area (Å²) in [4.78, 5) is 3.97. The Morgan fingerprint density at radius 3 is 2.64 bits per heavy atom. The molecular formula is C9H11BrCl2N2. The van der Waals surface area contributed by atoms with Crippen molar-refractivity contribution in [1.82, 2.24) is 4.98 Å². The summed E-state index contributed by atoms with van der Waals surface area (Å²) >= 11 is 15.1.